The third-order valence-corrected chi connectivity index (χ3v) is 3.87. The van der Waals surface area contributed by atoms with Gasteiger partial charge in [0.2, 0.25) is 5.91 Å². The fourth-order valence-corrected chi connectivity index (χ4v) is 2.79. The molecule has 0 fully saturated rings. The quantitative estimate of drug-likeness (QED) is 0.592. The van der Waals surface area contributed by atoms with Gasteiger partial charge in [-0.3, -0.25) is 4.79 Å². The van der Waals surface area contributed by atoms with Crippen molar-refractivity contribution in [2.45, 2.75) is 6.42 Å². The number of rotatable bonds is 3. The molecule has 0 radical (unpaired) electrons. The molecule has 1 amide bonds. The van der Waals surface area contributed by atoms with Crippen molar-refractivity contribution in [3.8, 4) is 0 Å². The molecule has 23 heavy (non-hydrogen) atoms. The van der Waals surface area contributed by atoms with Crippen LogP contribution in [0.25, 0.3) is 21.9 Å². The van der Waals surface area contributed by atoms with Crippen LogP contribution in [0.4, 0.5) is 5.69 Å². The molecule has 3 heteroatoms. The van der Waals surface area contributed by atoms with E-state index in [-0.39, 0.29) is 5.91 Å². The molecule has 0 atom stereocenters. The van der Waals surface area contributed by atoms with E-state index < -0.39 is 0 Å². The van der Waals surface area contributed by atoms with Gasteiger partial charge in [-0.25, -0.2) is 0 Å². The Kier molecular flexibility index (Phi) is 3.31. The van der Waals surface area contributed by atoms with Crippen molar-refractivity contribution in [1.82, 2.24) is 0 Å². The van der Waals surface area contributed by atoms with Gasteiger partial charge in [-0.2, -0.15) is 0 Å². The second kappa shape index (κ2) is 5.61. The summed E-state index contributed by atoms with van der Waals surface area (Å²) in [6.45, 7) is 0. The van der Waals surface area contributed by atoms with Crippen LogP contribution in [0.3, 0.4) is 0 Å². The van der Waals surface area contributed by atoms with Crippen molar-refractivity contribution in [3.05, 3.63) is 78.4 Å². The first-order valence-electron chi connectivity index (χ1n) is 7.55. The van der Waals surface area contributed by atoms with Crippen molar-refractivity contribution in [3.63, 3.8) is 0 Å². The lowest BCUT2D eigenvalue weighted by Gasteiger charge is -2.05. The first-order chi connectivity index (χ1) is 11.3. The van der Waals surface area contributed by atoms with E-state index in [9.17, 15) is 4.79 Å². The Morgan fingerprint density at radius 1 is 0.826 bits per heavy atom. The largest absolute Gasteiger partial charge is 0.456 e. The lowest BCUT2D eigenvalue weighted by Crippen LogP contribution is -2.14. The van der Waals surface area contributed by atoms with E-state index in [1.807, 2.05) is 72.8 Å². The molecule has 0 saturated carbocycles. The summed E-state index contributed by atoms with van der Waals surface area (Å²) in [5, 5.41) is 5.07. The van der Waals surface area contributed by atoms with Crippen molar-refractivity contribution in [1.29, 1.82) is 0 Å². The zero-order valence-electron chi connectivity index (χ0n) is 12.5. The Hall–Kier alpha value is -3.07. The molecule has 0 aliphatic carbocycles. The third kappa shape index (κ3) is 2.69. The summed E-state index contributed by atoms with van der Waals surface area (Å²) in [6, 6.07) is 23.4. The highest BCUT2D eigenvalue weighted by molar-refractivity contribution is 6.06. The van der Waals surface area contributed by atoms with Crippen LogP contribution in [0.5, 0.6) is 0 Å². The molecule has 3 nitrogen and oxygen atoms in total. The SMILES string of the molecule is O=C(Cc1ccccc1)Nc1ccc2c(c1)oc1ccccc12. The van der Waals surface area contributed by atoms with Gasteiger partial charge in [0.15, 0.2) is 0 Å². The van der Waals surface area contributed by atoms with Gasteiger partial charge in [0, 0.05) is 22.5 Å². The Labute approximate surface area is 133 Å². The summed E-state index contributed by atoms with van der Waals surface area (Å²) < 4.78 is 5.84. The molecule has 0 saturated heterocycles. The van der Waals surface area contributed by atoms with Gasteiger partial charge in [-0.05, 0) is 23.8 Å². The molecule has 0 spiro atoms. The first kappa shape index (κ1) is 13.6. The highest BCUT2D eigenvalue weighted by atomic mass is 16.3. The zero-order chi connectivity index (χ0) is 15.6. The number of anilines is 1. The van der Waals surface area contributed by atoms with Gasteiger partial charge in [-0.1, -0.05) is 48.5 Å². The van der Waals surface area contributed by atoms with E-state index in [0.29, 0.717) is 6.42 Å². The van der Waals surface area contributed by atoms with Crippen LogP contribution in [0.2, 0.25) is 0 Å². The smallest absolute Gasteiger partial charge is 0.228 e. The van der Waals surface area contributed by atoms with Crippen LogP contribution in [0.15, 0.2) is 77.2 Å². The van der Waals surface area contributed by atoms with E-state index in [1.54, 1.807) is 0 Å². The Bertz CT molecular complexity index is 986. The predicted octanol–water partition coefficient (Wildman–Crippen LogP) is 4.77. The number of benzene rings is 3. The molecule has 0 unspecified atom stereocenters. The Morgan fingerprint density at radius 2 is 1.57 bits per heavy atom. The molecular formula is C20H15NO2. The topological polar surface area (TPSA) is 42.2 Å². The predicted molar refractivity (Wildman–Crippen MR) is 92.5 cm³/mol. The standard InChI is InChI=1S/C20H15NO2/c22-20(12-14-6-2-1-3-7-14)21-15-10-11-17-16-8-4-5-9-18(16)23-19(17)13-15/h1-11,13H,12H2,(H,21,22). The maximum absolute atomic E-state index is 12.1. The van der Waals surface area contributed by atoms with Crippen molar-refractivity contribution < 1.29 is 9.21 Å². The highest BCUT2D eigenvalue weighted by Gasteiger charge is 2.09. The molecule has 4 rings (SSSR count). The van der Waals surface area contributed by atoms with Gasteiger partial charge in [0.05, 0.1) is 6.42 Å². The number of carbonyl (C=O) groups is 1. The van der Waals surface area contributed by atoms with Crippen LogP contribution >= 0.6 is 0 Å². The van der Waals surface area contributed by atoms with Gasteiger partial charge < -0.3 is 9.73 Å². The van der Waals surface area contributed by atoms with Crippen LogP contribution in [0.1, 0.15) is 5.56 Å². The summed E-state index contributed by atoms with van der Waals surface area (Å²) in [6.07, 6.45) is 0.360. The fourth-order valence-electron chi connectivity index (χ4n) is 2.79. The van der Waals surface area contributed by atoms with Gasteiger partial charge >= 0.3 is 0 Å². The Balaban J connectivity index is 1.59. The zero-order valence-corrected chi connectivity index (χ0v) is 12.5. The van der Waals surface area contributed by atoms with Crippen molar-refractivity contribution in [2.24, 2.45) is 0 Å². The number of fused-ring (bicyclic) bond motifs is 3. The maximum Gasteiger partial charge on any atom is 0.228 e. The summed E-state index contributed by atoms with van der Waals surface area (Å²) >= 11 is 0. The van der Waals surface area contributed by atoms with Gasteiger partial charge in [-0.15, -0.1) is 0 Å². The van der Waals surface area contributed by atoms with Gasteiger partial charge in [0.25, 0.3) is 0 Å². The molecular weight excluding hydrogens is 286 g/mol. The van der Waals surface area contributed by atoms with Gasteiger partial charge in [0.1, 0.15) is 11.2 Å². The number of furan rings is 1. The molecule has 1 aromatic heterocycles. The minimum atomic E-state index is -0.0355. The molecule has 112 valence electrons. The minimum absolute atomic E-state index is 0.0355. The molecule has 4 aromatic rings. The maximum atomic E-state index is 12.1. The number of carbonyl (C=O) groups excluding carboxylic acids is 1. The molecule has 1 heterocycles. The summed E-state index contributed by atoms with van der Waals surface area (Å²) in [7, 11) is 0. The lowest BCUT2D eigenvalue weighted by atomic mass is 10.1. The van der Waals surface area contributed by atoms with E-state index >= 15 is 0 Å². The summed E-state index contributed by atoms with van der Waals surface area (Å²) in [4.78, 5) is 12.1. The first-order valence-corrected chi connectivity index (χ1v) is 7.55. The van der Waals surface area contributed by atoms with Crippen LogP contribution in [0, 0.1) is 0 Å². The monoisotopic (exact) mass is 301 g/mol. The number of hydrogen-bond acceptors (Lipinski definition) is 2. The second-order valence-electron chi connectivity index (χ2n) is 5.52. The van der Waals surface area contributed by atoms with E-state index in [1.165, 1.54) is 0 Å². The molecule has 3 aromatic carbocycles. The molecule has 0 aliphatic rings. The highest BCUT2D eigenvalue weighted by Crippen LogP contribution is 2.30. The molecule has 1 N–H and O–H groups in total. The third-order valence-electron chi connectivity index (χ3n) is 3.87. The minimum Gasteiger partial charge on any atom is -0.456 e. The van der Waals surface area contributed by atoms with Crippen LogP contribution < -0.4 is 5.32 Å². The van der Waals surface area contributed by atoms with Crippen molar-refractivity contribution in [2.75, 3.05) is 5.32 Å². The van der Waals surface area contributed by atoms with Crippen LogP contribution in [-0.4, -0.2) is 5.91 Å². The van der Waals surface area contributed by atoms with E-state index in [0.717, 1.165) is 33.2 Å². The average molecular weight is 301 g/mol. The lowest BCUT2D eigenvalue weighted by molar-refractivity contribution is -0.115. The average Bonchev–Trinajstić information content (AvgIpc) is 2.93. The summed E-state index contributed by atoms with van der Waals surface area (Å²) in [5.74, 6) is -0.0355. The van der Waals surface area contributed by atoms with Crippen LogP contribution in [-0.2, 0) is 11.2 Å². The number of nitrogens with one attached hydrogen (secondary N) is 1. The fraction of sp³-hybridized carbons (Fsp3) is 0.0500. The summed E-state index contributed by atoms with van der Waals surface area (Å²) in [5.41, 5.74) is 3.38. The molecule has 0 aliphatic heterocycles. The number of hydrogen-bond donors (Lipinski definition) is 1. The number of para-hydroxylation sites is 1. The second-order valence-corrected chi connectivity index (χ2v) is 5.52. The van der Waals surface area contributed by atoms with Crippen molar-refractivity contribution >= 4 is 33.5 Å². The number of amides is 1. The Morgan fingerprint density at radius 3 is 2.43 bits per heavy atom. The van der Waals surface area contributed by atoms with E-state index in [2.05, 4.69) is 5.32 Å². The molecule has 0 bridgehead atoms. The van der Waals surface area contributed by atoms with E-state index in [4.69, 9.17) is 4.42 Å². The normalized spacial score (nSPS) is 11.0.